The van der Waals surface area contributed by atoms with Crippen LogP contribution >= 0.6 is 12.8 Å². The molecule has 5 heteroatoms. The van der Waals surface area contributed by atoms with Gasteiger partial charge in [0.05, 0.1) is 6.08 Å². The van der Waals surface area contributed by atoms with E-state index in [1.165, 1.54) is 4.31 Å². The number of carbonyl (C=O) groups excluding carboxylic acids is 1. The van der Waals surface area contributed by atoms with Crippen molar-refractivity contribution in [1.29, 1.82) is 0 Å². The Balaban J connectivity index is 2.72. The molecular weight excluding hydrogens is 140 g/mol. The first-order valence-electron chi connectivity index (χ1n) is 2.35. The van der Waals surface area contributed by atoms with E-state index in [-0.39, 0.29) is 18.5 Å². The predicted molar refractivity (Wildman–Crippen MR) is 34.5 cm³/mol. The van der Waals surface area contributed by atoms with Crippen LogP contribution in [0.1, 0.15) is 0 Å². The van der Waals surface area contributed by atoms with E-state index < -0.39 is 0 Å². The molecule has 0 aromatic carbocycles. The fraction of sp³-hybridized carbons (Fsp3) is 0.250. The Bertz CT molecular complexity index is 168. The van der Waals surface area contributed by atoms with Crippen molar-refractivity contribution in [2.45, 2.75) is 0 Å². The molecule has 0 atom stereocenters. The van der Waals surface area contributed by atoms with Crippen LogP contribution < -0.4 is 5.32 Å². The third kappa shape index (κ3) is 1.29. The molecule has 50 valence electrons. The highest BCUT2D eigenvalue weighted by atomic mass is 32.1. The van der Waals surface area contributed by atoms with Gasteiger partial charge in [0.25, 0.3) is 5.91 Å². The average Bonchev–Trinajstić information content (AvgIpc) is 1.80. The lowest BCUT2D eigenvalue weighted by atomic mass is 10.5. The number of carbonyl (C=O) groups is 1. The molecule has 0 saturated heterocycles. The zero-order valence-electron chi connectivity index (χ0n) is 4.53. The summed E-state index contributed by atoms with van der Waals surface area (Å²) in [4.78, 5) is 10.4. The van der Waals surface area contributed by atoms with E-state index in [0.29, 0.717) is 0 Å². The molecule has 0 radical (unpaired) electrons. The number of thiol groups is 1. The summed E-state index contributed by atoms with van der Waals surface area (Å²) in [6.07, 6.45) is 1.07. The molecule has 9 heavy (non-hydrogen) atoms. The molecule has 0 spiro atoms. The normalized spacial score (nSPS) is 19.0. The Morgan fingerprint density at radius 3 is 3.00 bits per heavy atom. The quantitative estimate of drug-likeness (QED) is 0.408. The first kappa shape index (κ1) is 6.28. The molecule has 0 fully saturated rings. The highest BCUT2D eigenvalue weighted by Gasteiger charge is 2.11. The number of aliphatic hydroxyl groups is 1. The van der Waals surface area contributed by atoms with E-state index in [4.69, 9.17) is 5.11 Å². The van der Waals surface area contributed by atoms with Crippen LogP contribution in [0.25, 0.3) is 0 Å². The summed E-state index contributed by atoms with van der Waals surface area (Å²) in [5.41, 5.74) is 0. The number of nitrogens with one attached hydrogen (secondary N) is 1. The minimum atomic E-state index is -0.294. The van der Waals surface area contributed by atoms with Crippen molar-refractivity contribution < 1.29 is 9.90 Å². The van der Waals surface area contributed by atoms with Gasteiger partial charge in [-0.1, -0.05) is 12.8 Å². The predicted octanol–water partition coefficient (Wildman–Crippen LogP) is -0.380. The summed E-state index contributed by atoms with van der Waals surface area (Å²) < 4.78 is 1.22. The molecule has 1 amide bonds. The van der Waals surface area contributed by atoms with Crippen molar-refractivity contribution in [3.63, 3.8) is 0 Å². The molecule has 0 aliphatic carbocycles. The maximum atomic E-state index is 10.4. The molecule has 0 aromatic heterocycles. The monoisotopic (exact) mass is 146 g/mol. The standard InChI is InChI=1S/C4H6N2O2S/c7-3-1-4(8)6(9)2-5-3/h1,8-9H,2H2,(H,5,7). The van der Waals surface area contributed by atoms with E-state index in [1.807, 2.05) is 0 Å². The maximum Gasteiger partial charge on any atom is 0.250 e. The number of hydrogen-bond donors (Lipinski definition) is 3. The zero-order valence-corrected chi connectivity index (χ0v) is 5.43. The first-order chi connectivity index (χ1) is 4.20. The van der Waals surface area contributed by atoms with Gasteiger partial charge in [-0.2, -0.15) is 0 Å². The molecule has 1 heterocycles. The van der Waals surface area contributed by atoms with Crippen molar-refractivity contribution in [2.24, 2.45) is 0 Å². The molecule has 0 aromatic rings. The number of nitrogens with zero attached hydrogens (tertiary/aromatic N) is 1. The van der Waals surface area contributed by atoms with Gasteiger partial charge in [-0.15, -0.1) is 0 Å². The van der Waals surface area contributed by atoms with Crippen molar-refractivity contribution in [3.05, 3.63) is 12.0 Å². The number of amides is 1. The van der Waals surface area contributed by atoms with Gasteiger partial charge in [0.2, 0.25) is 5.88 Å². The lowest BCUT2D eigenvalue weighted by Gasteiger charge is -2.19. The molecule has 0 bridgehead atoms. The molecule has 0 unspecified atom stereocenters. The second kappa shape index (κ2) is 2.18. The van der Waals surface area contributed by atoms with Crippen molar-refractivity contribution >= 4 is 18.7 Å². The van der Waals surface area contributed by atoms with Crippen LogP contribution in [0.2, 0.25) is 0 Å². The minimum absolute atomic E-state index is 0.123. The van der Waals surface area contributed by atoms with E-state index in [0.717, 1.165) is 6.08 Å². The molecule has 1 rings (SSSR count). The average molecular weight is 146 g/mol. The van der Waals surface area contributed by atoms with Gasteiger partial charge in [-0.05, 0) is 0 Å². The summed E-state index contributed by atoms with van der Waals surface area (Å²) >= 11 is 3.80. The summed E-state index contributed by atoms with van der Waals surface area (Å²) in [7, 11) is 0. The highest BCUT2D eigenvalue weighted by molar-refractivity contribution is 7.77. The Labute approximate surface area is 57.7 Å². The Morgan fingerprint density at radius 1 is 1.89 bits per heavy atom. The maximum absolute atomic E-state index is 10.4. The van der Waals surface area contributed by atoms with Crippen molar-refractivity contribution in [1.82, 2.24) is 9.62 Å². The van der Waals surface area contributed by atoms with Crippen LogP contribution in [-0.4, -0.2) is 22.0 Å². The third-order valence-electron chi connectivity index (χ3n) is 0.928. The topological polar surface area (TPSA) is 52.6 Å². The van der Waals surface area contributed by atoms with Gasteiger partial charge >= 0.3 is 0 Å². The molecule has 2 N–H and O–H groups in total. The smallest absolute Gasteiger partial charge is 0.250 e. The largest absolute Gasteiger partial charge is 0.494 e. The zero-order chi connectivity index (χ0) is 6.85. The van der Waals surface area contributed by atoms with E-state index in [2.05, 4.69) is 18.1 Å². The lowest BCUT2D eigenvalue weighted by molar-refractivity contribution is -0.117. The van der Waals surface area contributed by atoms with Crippen LogP contribution in [0.3, 0.4) is 0 Å². The third-order valence-corrected chi connectivity index (χ3v) is 1.27. The Morgan fingerprint density at radius 2 is 2.56 bits per heavy atom. The van der Waals surface area contributed by atoms with Crippen LogP contribution in [0, 0.1) is 0 Å². The van der Waals surface area contributed by atoms with Crippen LogP contribution in [0.15, 0.2) is 12.0 Å². The van der Waals surface area contributed by atoms with Gasteiger partial charge in [0.1, 0.15) is 6.67 Å². The van der Waals surface area contributed by atoms with Gasteiger partial charge < -0.3 is 10.4 Å². The fourth-order valence-corrected chi connectivity index (χ4v) is 0.605. The Hall–Kier alpha value is -0.840. The minimum Gasteiger partial charge on any atom is -0.494 e. The summed E-state index contributed by atoms with van der Waals surface area (Å²) in [6.45, 7) is 0.240. The molecule has 1 aliphatic heterocycles. The second-order valence-electron chi connectivity index (χ2n) is 1.60. The molecule has 4 nitrogen and oxygen atoms in total. The van der Waals surface area contributed by atoms with Crippen LogP contribution in [0.4, 0.5) is 0 Å². The van der Waals surface area contributed by atoms with E-state index >= 15 is 0 Å². The number of rotatable bonds is 0. The molecule has 0 saturated carbocycles. The summed E-state index contributed by atoms with van der Waals surface area (Å²) in [5.74, 6) is -0.417. The summed E-state index contributed by atoms with van der Waals surface area (Å²) in [6, 6.07) is 0. The summed E-state index contributed by atoms with van der Waals surface area (Å²) in [5, 5.41) is 11.2. The van der Waals surface area contributed by atoms with Gasteiger partial charge in [-0.25, -0.2) is 0 Å². The lowest BCUT2D eigenvalue weighted by Crippen LogP contribution is -2.36. The van der Waals surface area contributed by atoms with Crippen LogP contribution in [-0.2, 0) is 4.79 Å². The van der Waals surface area contributed by atoms with E-state index in [1.54, 1.807) is 0 Å². The van der Waals surface area contributed by atoms with Crippen LogP contribution in [0.5, 0.6) is 0 Å². The SMILES string of the molecule is O=C1C=C(O)N(S)CN1. The first-order valence-corrected chi connectivity index (χ1v) is 2.75. The van der Waals surface area contributed by atoms with Gasteiger partial charge in [-0.3, -0.25) is 9.10 Å². The van der Waals surface area contributed by atoms with Gasteiger partial charge in [0.15, 0.2) is 0 Å². The van der Waals surface area contributed by atoms with E-state index in [9.17, 15) is 4.79 Å². The van der Waals surface area contributed by atoms with Crippen molar-refractivity contribution in [3.8, 4) is 0 Å². The highest BCUT2D eigenvalue weighted by Crippen LogP contribution is 2.04. The van der Waals surface area contributed by atoms with Gasteiger partial charge in [0, 0.05) is 0 Å². The molecule has 1 aliphatic rings. The number of hydrogen-bond acceptors (Lipinski definition) is 4. The number of aliphatic hydroxyl groups excluding tert-OH is 1. The Kier molecular flexibility index (Phi) is 1.52. The molecular formula is C4H6N2O2S. The second-order valence-corrected chi connectivity index (χ2v) is 2.08. The van der Waals surface area contributed by atoms with Crippen molar-refractivity contribution in [2.75, 3.05) is 6.67 Å². The fourth-order valence-electron chi connectivity index (χ4n) is 0.477.